The topological polar surface area (TPSA) is 67.1 Å². The maximum Gasteiger partial charge on any atom is 0.106 e. The average molecular weight is 207 g/mol. The molecule has 1 rings (SSSR count). The fraction of sp³-hybridized carbons (Fsp3) is 0.300. The highest BCUT2D eigenvalue weighted by Gasteiger charge is 2.03. The van der Waals surface area contributed by atoms with Gasteiger partial charge in [-0.3, -0.25) is 4.98 Å². The fourth-order valence-corrected chi connectivity index (χ4v) is 1.09. The Hall–Kier alpha value is -1.91. The molecule has 0 aliphatic carbocycles. The van der Waals surface area contributed by atoms with Crippen LogP contribution >= 0.6 is 0 Å². The van der Waals surface area contributed by atoms with Crippen LogP contribution in [0.15, 0.2) is 28.6 Å². The van der Waals surface area contributed by atoms with Crippen molar-refractivity contribution in [2.24, 2.45) is 10.3 Å². The van der Waals surface area contributed by atoms with E-state index in [1.165, 1.54) is 7.11 Å². The molecule has 1 aromatic rings. The predicted octanol–water partition coefficient (Wildman–Crippen LogP) is 1.65. The van der Waals surface area contributed by atoms with E-state index in [2.05, 4.69) is 20.1 Å². The van der Waals surface area contributed by atoms with Crippen LogP contribution < -0.4 is 0 Å². The number of rotatable bonds is 3. The highest BCUT2D eigenvalue weighted by molar-refractivity contribution is 6.02. The minimum Gasteiger partial charge on any atom is -0.411 e. The summed E-state index contributed by atoms with van der Waals surface area (Å²) in [6.07, 6.45) is 1.63. The zero-order chi connectivity index (χ0) is 11.3. The third-order valence-electron chi connectivity index (χ3n) is 1.93. The lowest BCUT2D eigenvalue weighted by molar-refractivity contribution is 0.213. The number of hydrogen-bond donors (Lipinski definition) is 1. The van der Waals surface area contributed by atoms with Crippen LogP contribution in [0, 0.1) is 0 Å². The monoisotopic (exact) mass is 207 g/mol. The molecule has 0 aromatic carbocycles. The first-order chi connectivity index (χ1) is 7.19. The van der Waals surface area contributed by atoms with E-state index in [0.29, 0.717) is 11.4 Å². The van der Waals surface area contributed by atoms with E-state index < -0.39 is 0 Å². The third-order valence-corrected chi connectivity index (χ3v) is 1.93. The summed E-state index contributed by atoms with van der Waals surface area (Å²) in [6, 6.07) is 3.60. The van der Waals surface area contributed by atoms with Gasteiger partial charge in [0.1, 0.15) is 12.8 Å². The summed E-state index contributed by atoms with van der Waals surface area (Å²) in [5.74, 6) is 0. The van der Waals surface area contributed by atoms with Crippen LogP contribution in [0.2, 0.25) is 0 Å². The number of hydrogen-bond acceptors (Lipinski definition) is 5. The van der Waals surface area contributed by atoms with Gasteiger partial charge in [-0.25, -0.2) is 0 Å². The maximum atomic E-state index is 8.61. The molecule has 5 nitrogen and oxygen atoms in total. The number of nitrogens with zero attached hydrogens (tertiary/aromatic N) is 3. The van der Waals surface area contributed by atoms with Gasteiger partial charge in [-0.05, 0) is 26.0 Å². The molecule has 0 fully saturated rings. The smallest absolute Gasteiger partial charge is 0.106 e. The van der Waals surface area contributed by atoms with Crippen molar-refractivity contribution in [1.82, 2.24) is 4.98 Å². The predicted molar refractivity (Wildman–Crippen MR) is 57.5 cm³/mol. The summed E-state index contributed by atoms with van der Waals surface area (Å²) in [5.41, 5.74) is 2.69. The summed E-state index contributed by atoms with van der Waals surface area (Å²) in [7, 11) is 1.49. The van der Waals surface area contributed by atoms with E-state index in [4.69, 9.17) is 5.21 Å². The second-order valence-corrected chi connectivity index (χ2v) is 2.97. The number of oxime groups is 2. The van der Waals surface area contributed by atoms with Crippen LogP contribution in [-0.4, -0.2) is 28.7 Å². The van der Waals surface area contributed by atoms with Gasteiger partial charge in [0.15, 0.2) is 0 Å². The minimum atomic E-state index is 0.460. The van der Waals surface area contributed by atoms with Crippen molar-refractivity contribution < 1.29 is 10.0 Å². The zero-order valence-electron chi connectivity index (χ0n) is 8.93. The zero-order valence-corrected chi connectivity index (χ0v) is 8.93. The molecule has 0 saturated carbocycles. The molecule has 0 bridgehead atoms. The highest BCUT2D eigenvalue weighted by atomic mass is 16.6. The van der Waals surface area contributed by atoms with Crippen LogP contribution in [-0.2, 0) is 4.84 Å². The Morgan fingerprint density at radius 1 is 1.40 bits per heavy atom. The Balaban J connectivity index is 3.08. The van der Waals surface area contributed by atoms with Crippen molar-refractivity contribution >= 4 is 11.4 Å². The molecule has 1 N–H and O–H groups in total. The van der Waals surface area contributed by atoms with E-state index in [1.54, 1.807) is 19.2 Å². The first kappa shape index (κ1) is 11.2. The molecule has 0 atom stereocenters. The Labute approximate surface area is 88.1 Å². The van der Waals surface area contributed by atoms with Gasteiger partial charge in [0.05, 0.1) is 11.4 Å². The van der Waals surface area contributed by atoms with Crippen molar-refractivity contribution in [2.45, 2.75) is 13.8 Å². The summed E-state index contributed by atoms with van der Waals surface area (Å²) in [4.78, 5) is 8.74. The summed E-state index contributed by atoms with van der Waals surface area (Å²) < 4.78 is 0. The minimum absolute atomic E-state index is 0.460. The normalized spacial score (nSPS) is 12.7. The van der Waals surface area contributed by atoms with Gasteiger partial charge in [-0.2, -0.15) is 0 Å². The molecule has 1 aromatic heterocycles. The molecule has 5 heteroatoms. The Morgan fingerprint density at radius 3 is 2.73 bits per heavy atom. The molecule has 80 valence electrons. The highest BCUT2D eigenvalue weighted by Crippen LogP contribution is 2.05. The van der Waals surface area contributed by atoms with Crippen molar-refractivity contribution in [3.05, 3.63) is 29.6 Å². The van der Waals surface area contributed by atoms with Crippen molar-refractivity contribution in [1.29, 1.82) is 0 Å². The Morgan fingerprint density at radius 2 is 2.13 bits per heavy atom. The fourth-order valence-electron chi connectivity index (χ4n) is 1.09. The number of aromatic nitrogens is 1. The molecule has 15 heavy (non-hydrogen) atoms. The van der Waals surface area contributed by atoms with Crippen LogP contribution in [0.5, 0.6) is 0 Å². The van der Waals surface area contributed by atoms with Crippen LogP contribution in [0.3, 0.4) is 0 Å². The van der Waals surface area contributed by atoms with Crippen molar-refractivity contribution in [2.75, 3.05) is 7.11 Å². The molecular formula is C10H13N3O2. The Kier molecular flexibility index (Phi) is 3.79. The second-order valence-electron chi connectivity index (χ2n) is 2.97. The van der Waals surface area contributed by atoms with Gasteiger partial charge in [-0.15, -0.1) is 0 Å². The van der Waals surface area contributed by atoms with Gasteiger partial charge in [0, 0.05) is 11.8 Å². The molecule has 0 aliphatic heterocycles. The molecule has 0 radical (unpaired) electrons. The molecular weight excluding hydrogens is 194 g/mol. The van der Waals surface area contributed by atoms with E-state index in [9.17, 15) is 0 Å². The Bertz CT molecular complexity index is 399. The van der Waals surface area contributed by atoms with E-state index in [1.807, 2.05) is 13.0 Å². The number of pyridine rings is 1. The molecule has 0 spiro atoms. The average Bonchev–Trinajstić information content (AvgIpc) is 2.28. The summed E-state index contributed by atoms with van der Waals surface area (Å²) in [5, 5.41) is 15.5. The maximum absolute atomic E-state index is 8.61. The molecule has 0 unspecified atom stereocenters. The van der Waals surface area contributed by atoms with Gasteiger partial charge in [0.25, 0.3) is 0 Å². The first-order valence-corrected chi connectivity index (χ1v) is 4.42. The van der Waals surface area contributed by atoms with Gasteiger partial charge in [-0.1, -0.05) is 10.3 Å². The van der Waals surface area contributed by atoms with Crippen LogP contribution in [0.4, 0.5) is 0 Å². The summed E-state index contributed by atoms with van der Waals surface area (Å²) in [6.45, 7) is 3.50. The SMILES string of the molecule is CO/N=C(\C)c1ccnc(C(C)=NO)c1. The molecule has 1 heterocycles. The lowest BCUT2D eigenvalue weighted by Crippen LogP contribution is -2.02. The lowest BCUT2D eigenvalue weighted by Gasteiger charge is -2.02. The van der Waals surface area contributed by atoms with E-state index in [-0.39, 0.29) is 0 Å². The van der Waals surface area contributed by atoms with E-state index in [0.717, 1.165) is 11.3 Å². The van der Waals surface area contributed by atoms with Gasteiger partial charge >= 0.3 is 0 Å². The largest absolute Gasteiger partial charge is 0.411 e. The first-order valence-electron chi connectivity index (χ1n) is 4.42. The molecule has 0 saturated heterocycles. The lowest BCUT2D eigenvalue weighted by atomic mass is 10.1. The van der Waals surface area contributed by atoms with Gasteiger partial charge < -0.3 is 10.0 Å². The second kappa shape index (κ2) is 5.09. The standard InChI is InChI=1S/C10H13N3O2/c1-7(13-15-3)9-4-5-11-10(6-9)8(2)12-14/h4-6,14H,1-3H3/b12-8?,13-7+. The van der Waals surface area contributed by atoms with Crippen molar-refractivity contribution in [3.8, 4) is 0 Å². The van der Waals surface area contributed by atoms with Gasteiger partial charge in [0.2, 0.25) is 0 Å². The quantitative estimate of drug-likeness (QED) is 0.465. The van der Waals surface area contributed by atoms with Crippen LogP contribution in [0.25, 0.3) is 0 Å². The van der Waals surface area contributed by atoms with E-state index >= 15 is 0 Å². The third kappa shape index (κ3) is 2.77. The molecule has 0 aliphatic rings. The van der Waals surface area contributed by atoms with Crippen molar-refractivity contribution in [3.63, 3.8) is 0 Å². The van der Waals surface area contributed by atoms with Crippen LogP contribution in [0.1, 0.15) is 25.1 Å². The molecule has 0 amide bonds. The summed E-state index contributed by atoms with van der Waals surface area (Å²) >= 11 is 0.